The van der Waals surface area contributed by atoms with E-state index in [0.29, 0.717) is 18.7 Å². The van der Waals surface area contributed by atoms with Gasteiger partial charge in [0.05, 0.1) is 11.4 Å². The topological polar surface area (TPSA) is 45.6 Å². The first-order valence-electron chi connectivity index (χ1n) is 8.96. The Balaban J connectivity index is 1.94. The van der Waals surface area contributed by atoms with Gasteiger partial charge in [-0.15, -0.1) is 6.58 Å². The molecule has 2 aromatic rings. The highest BCUT2D eigenvalue weighted by Gasteiger charge is 2.46. The molecule has 1 unspecified atom stereocenters. The summed E-state index contributed by atoms with van der Waals surface area (Å²) >= 11 is 0. The van der Waals surface area contributed by atoms with Gasteiger partial charge in [-0.1, -0.05) is 37.6 Å². The number of para-hydroxylation sites is 2. The fourth-order valence-electron chi connectivity index (χ4n) is 3.51. The van der Waals surface area contributed by atoms with Crippen LogP contribution in [-0.2, 0) is 0 Å². The summed E-state index contributed by atoms with van der Waals surface area (Å²) in [6.45, 7) is 6.75. The fourth-order valence-corrected chi connectivity index (χ4v) is 3.51. The summed E-state index contributed by atoms with van der Waals surface area (Å²) in [5.41, 5.74) is 1.16. The lowest BCUT2D eigenvalue weighted by Crippen LogP contribution is -2.51. The monoisotopic (exact) mass is 338 g/mol. The Bertz CT molecular complexity index is 704. The van der Waals surface area contributed by atoms with Crippen molar-refractivity contribution in [2.45, 2.75) is 44.4 Å². The smallest absolute Gasteiger partial charge is 0.186 e. The van der Waals surface area contributed by atoms with Crippen molar-refractivity contribution in [3.63, 3.8) is 0 Å². The van der Waals surface area contributed by atoms with Crippen LogP contribution in [0.1, 0.15) is 44.4 Å². The Morgan fingerprint density at radius 1 is 1.28 bits per heavy atom. The van der Waals surface area contributed by atoms with Gasteiger partial charge in [0.2, 0.25) is 0 Å². The second-order valence-electron chi connectivity index (χ2n) is 6.49. The van der Waals surface area contributed by atoms with E-state index < -0.39 is 11.8 Å². The molecule has 0 saturated heterocycles. The van der Waals surface area contributed by atoms with Crippen molar-refractivity contribution in [3.05, 3.63) is 67.0 Å². The van der Waals surface area contributed by atoms with Crippen LogP contribution < -0.4 is 9.64 Å². The Labute approximate surface area is 149 Å². The van der Waals surface area contributed by atoms with Crippen LogP contribution in [0.25, 0.3) is 0 Å². The van der Waals surface area contributed by atoms with Gasteiger partial charge in [-0.2, -0.15) is 0 Å². The molecule has 0 spiro atoms. The number of rotatable bonds is 8. The zero-order chi connectivity index (χ0) is 17.7. The maximum atomic E-state index is 10.8. The number of aliphatic hydroxyl groups excluding tert-OH is 1. The van der Waals surface area contributed by atoms with Crippen molar-refractivity contribution in [1.29, 1.82) is 0 Å². The van der Waals surface area contributed by atoms with Crippen molar-refractivity contribution in [1.82, 2.24) is 4.98 Å². The molecule has 0 bridgehead atoms. The molecular weight excluding hydrogens is 312 g/mol. The number of pyridine rings is 1. The zero-order valence-electron chi connectivity index (χ0n) is 14.8. The highest BCUT2D eigenvalue weighted by molar-refractivity contribution is 5.64. The van der Waals surface area contributed by atoms with E-state index in [1.165, 1.54) is 0 Å². The maximum absolute atomic E-state index is 10.8. The van der Waals surface area contributed by atoms with Crippen LogP contribution in [0.4, 0.5) is 5.69 Å². The van der Waals surface area contributed by atoms with Gasteiger partial charge in [-0.25, -0.2) is 0 Å². The van der Waals surface area contributed by atoms with Crippen LogP contribution >= 0.6 is 0 Å². The van der Waals surface area contributed by atoms with Crippen molar-refractivity contribution in [2.24, 2.45) is 0 Å². The number of hydrogen-bond acceptors (Lipinski definition) is 4. The van der Waals surface area contributed by atoms with Gasteiger partial charge in [-0.3, -0.25) is 4.98 Å². The number of benzene rings is 1. The highest BCUT2D eigenvalue weighted by atomic mass is 16.5. The molecule has 0 fully saturated rings. The summed E-state index contributed by atoms with van der Waals surface area (Å²) in [7, 11) is 0. The van der Waals surface area contributed by atoms with Crippen LogP contribution in [0, 0.1) is 0 Å². The van der Waals surface area contributed by atoms with Crippen molar-refractivity contribution in [3.8, 4) is 5.75 Å². The standard InChI is InChI=1S/C21H26N2O2/c1-3-5-13-21(16-19(24)17-10-8-9-14-22-17)23(15-4-2)18-11-6-7-12-20(18)25-21/h4,6-12,14,19,24H,2-3,5,13,15-16H2,1H3/t19?,21-/m1/s1. The Morgan fingerprint density at radius 3 is 2.80 bits per heavy atom. The molecule has 1 aliphatic heterocycles. The maximum Gasteiger partial charge on any atom is 0.186 e. The average molecular weight is 338 g/mol. The van der Waals surface area contributed by atoms with Crippen LogP contribution in [-0.4, -0.2) is 22.4 Å². The molecule has 2 atom stereocenters. The molecule has 25 heavy (non-hydrogen) atoms. The minimum atomic E-state index is -0.681. The normalized spacial score (nSPS) is 20.0. The Hall–Kier alpha value is -2.33. The van der Waals surface area contributed by atoms with Gasteiger partial charge in [-0.05, 0) is 30.7 Å². The number of anilines is 1. The Kier molecular flexibility index (Phi) is 5.39. The van der Waals surface area contributed by atoms with Crippen molar-refractivity contribution in [2.75, 3.05) is 11.4 Å². The van der Waals surface area contributed by atoms with E-state index in [1.807, 2.05) is 42.5 Å². The molecule has 2 heterocycles. The third-order valence-electron chi connectivity index (χ3n) is 4.72. The summed E-state index contributed by atoms with van der Waals surface area (Å²) in [6.07, 6.45) is 6.32. The molecule has 1 N–H and O–H groups in total. The van der Waals surface area contributed by atoms with E-state index in [2.05, 4.69) is 29.5 Å². The summed E-state index contributed by atoms with van der Waals surface area (Å²) in [5.74, 6) is 0.869. The molecule has 1 aromatic heterocycles. The summed E-state index contributed by atoms with van der Waals surface area (Å²) < 4.78 is 6.44. The molecule has 4 heteroatoms. The molecule has 0 saturated carbocycles. The van der Waals surface area contributed by atoms with Gasteiger partial charge in [0.25, 0.3) is 0 Å². The van der Waals surface area contributed by atoms with Crippen LogP contribution in [0.2, 0.25) is 0 Å². The lowest BCUT2D eigenvalue weighted by molar-refractivity contribution is 0.0140. The van der Waals surface area contributed by atoms with E-state index in [4.69, 9.17) is 4.74 Å². The van der Waals surface area contributed by atoms with Crippen LogP contribution in [0.15, 0.2) is 61.3 Å². The molecule has 0 aliphatic carbocycles. The van der Waals surface area contributed by atoms with Gasteiger partial charge >= 0.3 is 0 Å². The number of nitrogens with zero attached hydrogens (tertiary/aromatic N) is 2. The summed E-state index contributed by atoms with van der Waals surface area (Å²) in [5, 5.41) is 10.8. The van der Waals surface area contributed by atoms with Crippen molar-refractivity contribution < 1.29 is 9.84 Å². The number of aromatic nitrogens is 1. The molecule has 3 rings (SSSR count). The lowest BCUT2D eigenvalue weighted by Gasteiger charge is -2.39. The number of fused-ring (bicyclic) bond motifs is 1. The van der Waals surface area contributed by atoms with E-state index in [0.717, 1.165) is 30.7 Å². The Morgan fingerprint density at radius 2 is 2.08 bits per heavy atom. The molecule has 1 aromatic carbocycles. The minimum Gasteiger partial charge on any atom is -0.466 e. The van der Waals surface area contributed by atoms with Gasteiger partial charge in [0.1, 0.15) is 11.9 Å². The predicted octanol–water partition coefficient (Wildman–Crippen LogP) is 4.48. The first-order chi connectivity index (χ1) is 12.2. The molecule has 132 valence electrons. The number of aliphatic hydroxyl groups is 1. The predicted molar refractivity (Wildman–Crippen MR) is 101 cm³/mol. The van der Waals surface area contributed by atoms with E-state index in [9.17, 15) is 5.11 Å². The molecular formula is C21H26N2O2. The summed E-state index contributed by atoms with van der Waals surface area (Å²) in [6, 6.07) is 13.7. The van der Waals surface area contributed by atoms with Gasteiger partial charge in [0.15, 0.2) is 5.72 Å². The third kappa shape index (κ3) is 3.54. The van der Waals surface area contributed by atoms with E-state index >= 15 is 0 Å². The molecule has 4 nitrogen and oxygen atoms in total. The number of ether oxygens (including phenoxy) is 1. The molecule has 0 radical (unpaired) electrons. The zero-order valence-corrected chi connectivity index (χ0v) is 14.8. The van der Waals surface area contributed by atoms with Crippen molar-refractivity contribution >= 4 is 5.69 Å². The highest BCUT2D eigenvalue weighted by Crippen LogP contribution is 2.47. The average Bonchev–Trinajstić information content (AvgIpc) is 2.95. The van der Waals surface area contributed by atoms with E-state index in [-0.39, 0.29) is 0 Å². The third-order valence-corrected chi connectivity index (χ3v) is 4.72. The summed E-state index contributed by atoms with van der Waals surface area (Å²) in [4.78, 5) is 6.54. The minimum absolute atomic E-state index is 0.465. The first-order valence-corrected chi connectivity index (χ1v) is 8.96. The van der Waals surface area contributed by atoms with Gasteiger partial charge in [0, 0.05) is 25.6 Å². The quantitative estimate of drug-likeness (QED) is 0.721. The first kappa shape index (κ1) is 17.5. The lowest BCUT2D eigenvalue weighted by atomic mass is 9.95. The number of hydrogen-bond donors (Lipinski definition) is 1. The van der Waals surface area contributed by atoms with E-state index in [1.54, 1.807) is 6.20 Å². The SMILES string of the molecule is C=CCN1c2ccccc2O[C@]1(CCCC)CC(O)c1ccccn1. The fraction of sp³-hybridized carbons (Fsp3) is 0.381. The largest absolute Gasteiger partial charge is 0.466 e. The molecule has 0 amide bonds. The second-order valence-corrected chi connectivity index (χ2v) is 6.49. The number of unbranched alkanes of at least 4 members (excludes halogenated alkanes) is 1. The van der Waals surface area contributed by atoms with Crippen LogP contribution in [0.3, 0.4) is 0 Å². The second kappa shape index (κ2) is 7.70. The van der Waals surface area contributed by atoms with Crippen LogP contribution in [0.5, 0.6) is 5.75 Å². The molecule has 1 aliphatic rings. The van der Waals surface area contributed by atoms with Gasteiger partial charge < -0.3 is 14.7 Å².